The third kappa shape index (κ3) is 5.14. The summed E-state index contributed by atoms with van der Waals surface area (Å²) in [6.07, 6.45) is 3.78. The molecule has 1 aromatic carbocycles. The fourth-order valence-electron chi connectivity index (χ4n) is 2.42. The molecule has 22 heavy (non-hydrogen) atoms. The second-order valence-corrected chi connectivity index (χ2v) is 4.90. The molecule has 1 fully saturated rings. The largest absolute Gasteiger partial charge is 0.490 e. The van der Waals surface area contributed by atoms with Crippen molar-refractivity contribution in [1.82, 2.24) is 0 Å². The lowest BCUT2D eigenvalue weighted by molar-refractivity contribution is 0.0986. The van der Waals surface area contributed by atoms with Gasteiger partial charge in [0.2, 0.25) is 0 Å². The Morgan fingerprint density at radius 3 is 2.50 bits per heavy atom. The zero-order valence-electron chi connectivity index (χ0n) is 12.9. The van der Waals surface area contributed by atoms with Crippen molar-refractivity contribution in [2.45, 2.75) is 66.4 Å². The Hall–Kier alpha value is -1.89. The van der Waals surface area contributed by atoms with Gasteiger partial charge in [-0.25, -0.2) is 4.39 Å². The maximum Gasteiger partial charge on any atom is 0.183 e. The zero-order chi connectivity index (χ0) is 15.8. The van der Waals surface area contributed by atoms with Gasteiger partial charge in [-0.1, -0.05) is 21.3 Å². The molecular weight excluding hydrogens is 281 g/mol. The predicted octanol–water partition coefficient (Wildman–Crippen LogP) is 5.21. The van der Waals surface area contributed by atoms with Crippen molar-refractivity contribution in [3.05, 3.63) is 29.1 Å². The first-order valence-electron chi connectivity index (χ1n) is 7.48. The number of aryl methyl sites for hydroxylation is 1. The number of rotatable bonds is 4. The summed E-state index contributed by atoms with van der Waals surface area (Å²) < 4.78 is 19.7. The van der Waals surface area contributed by atoms with Crippen LogP contribution in [0, 0.1) is 24.1 Å². The van der Waals surface area contributed by atoms with Crippen LogP contribution in [0.5, 0.6) is 5.75 Å². The highest BCUT2D eigenvalue weighted by Gasteiger charge is 2.23. The normalized spacial score (nSPS) is 13.4. The standard InChI is InChI=1S/C15H16FNO2.C2H6.CH4/c1-10-8-12(16)15(13(18)6-7-17)14(9-10)19-11-4-2-3-5-11;1-2;/h8-9,11H,2-6H2,1H3;1-2H3;1H4. The Labute approximate surface area is 133 Å². The number of hydrogen-bond acceptors (Lipinski definition) is 3. The number of benzene rings is 1. The van der Waals surface area contributed by atoms with Crippen molar-refractivity contribution < 1.29 is 13.9 Å². The van der Waals surface area contributed by atoms with Gasteiger partial charge in [0.1, 0.15) is 11.6 Å². The summed E-state index contributed by atoms with van der Waals surface area (Å²) in [5, 5.41) is 8.58. The molecule has 1 aliphatic rings. The Morgan fingerprint density at radius 2 is 1.95 bits per heavy atom. The van der Waals surface area contributed by atoms with Crippen molar-refractivity contribution >= 4 is 5.78 Å². The van der Waals surface area contributed by atoms with Crippen LogP contribution in [0.15, 0.2) is 12.1 Å². The van der Waals surface area contributed by atoms with Crippen LogP contribution in [-0.4, -0.2) is 11.9 Å². The maximum atomic E-state index is 13.9. The predicted molar refractivity (Wildman–Crippen MR) is 86.7 cm³/mol. The summed E-state index contributed by atoms with van der Waals surface area (Å²) in [6, 6.07) is 4.73. The molecule has 0 saturated heterocycles. The summed E-state index contributed by atoms with van der Waals surface area (Å²) in [4.78, 5) is 11.8. The second kappa shape index (κ2) is 9.94. The molecule has 122 valence electrons. The number of carbonyl (C=O) groups excluding carboxylic acids is 1. The molecule has 0 unspecified atom stereocenters. The highest BCUT2D eigenvalue weighted by atomic mass is 19.1. The molecule has 1 aromatic rings. The lowest BCUT2D eigenvalue weighted by atomic mass is 10.0. The van der Waals surface area contributed by atoms with E-state index in [2.05, 4.69) is 0 Å². The molecule has 3 nitrogen and oxygen atoms in total. The van der Waals surface area contributed by atoms with Gasteiger partial charge in [-0.2, -0.15) is 5.26 Å². The van der Waals surface area contributed by atoms with E-state index in [1.165, 1.54) is 6.07 Å². The molecule has 0 spiro atoms. The third-order valence-electron chi connectivity index (χ3n) is 3.31. The van der Waals surface area contributed by atoms with Gasteiger partial charge < -0.3 is 4.74 Å². The molecule has 0 heterocycles. The van der Waals surface area contributed by atoms with Crippen LogP contribution < -0.4 is 4.74 Å². The number of ether oxygens (including phenoxy) is 1. The molecule has 4 heteroatoms. The van der Waals surface area contributed by atoms with Crippen molar-refractivity contribution in [3.63, 3.8) is 0 Å². The van der Waals surface area contributed by atoms with Crippen LogP contribution in [0.25, 0.3) is 0 Å². The summed E-state index contributed by atoms with van der Waals surface area (Å²) in [5.74, 6) is -0.842. The van der Waals surface area contributed by atoms with E-state index in [1.807, 2.05) is 13.8 Å². The molecule has 0 aromatic heterocycles. The summed E-state index contributed by atoms with van der Waals surface area (Å²) in [7, 11) is 0. The van der Waals surface area contributed by atoms with Gasteiger partial charge in [0.25, 0.3) is 0 Å². The monoisotopic (exact) mass is 307 g/mol. The molecule has 0 atom stereocenters. The van der Waals surface area contributed by atoms with Gasteiger partial charge in [-0.15, -0.1) is 0 Å². The highest BCUT2D eigenvalue weighted by Crippen LogP contribution is 2.30. The van der Waals surface area contributed by atoms with E-state index in [-0.39, 0.29) is 31.3 Å². The molecule has 0 N–H and O–H groups in total. The molecule has 0 radical (unpaired) electrons. The lowest BCUT2D eigenvalue weighted by Gasteiger charge is -2.16. The van der Waals surface area contributed by atoms with Gasteiger partial charge in [0.05, 0.1) is 24.2 Å². The number of halogens is 1. The zero-order valence-corrected chi connectivity index (χ0v) is 12.9. The smallest absolute Gasteiger partial charge is 0.183 e. The van der Waals surface area contributed by atoms with Gasteiger partial charge >= 0.3 is 0 Å². The van der Waals surface area contributed by atoms with E-state index in [4.69, 9.17) is 10.00 Å². The molecule has 1 aliphatic carbocycles. The first-order valence-corrected chi connectivity index (χ1v) is 7.48. The van der Waals surface area contributed by atoms with Gasteiger partial charge in [0, 0.05) is 0 Å². The molecule has 2 rings (SSSR count). The van der Waals surface area contributed by atoms with Crippen LogP contribution >= 0.6 is 0 Å². The summed E-state index contributed by atoms with van der Waals surface area (Å²) in [5.41, 5.74) is 0.623. The Kier molecular flexibility index (Phi) is 9.09. The molecule has 0 amide bonds. The number of carbonyl (C=O) groups is 1. The molecule has 0 aliphatic heterocycles. The van der Waals surface area contributed by atoms with Crippen LogP contribution in [0.4, 0.5) is 4.39 Å². The van der Waals surface area contributed by atoms with Crippen molar-refractivity contribution in [3.8, 4) is 11.8 Å². The first kappa shape index (κ1) is 20.1. The highest BCUT2D eigenvalue weighted by molar-refractivity contribution is 6.00. The van der Waals surface area contributed by atoms with Crippen LogP contribution in [0.2, 0.25) is 0 Å². The number of nitrogens with zero attached hydrogens (tertiary/aromatic N) is 1. The van der Waals surface area contributed by atoms with E-state index < -0.39 is 11.6 Å². The number of hydrogen-bond donors (Lipinski definition) is 0. The summed E-state index contributed by atoms with van der Waals surface area (Å²) in [6.45, 7) is 5.75. The Bertz CT molecular complexity index is 529. The minimum atomic E-state index is -0.603. The van der Waals surface area contributed by atoms with E-state index in [0.717, 1.165) is 25.7 Å². The average molecular weight is 307 g/mol. The fourth-order valence-corrected chi connectivity index (χ4v) is 2.42. The van der Waals surface area contributed by atoms with E-state index in [1.54, 1.807) is 19.1 Å². The third-order valence-corrected chi connectivity index (χ3v) is 3.31. The number of nitriles is 1. The van der Waals surface area contributed by atoms with E-state index in [0.29, 0.717) is 5.56 Å². The quantitative estimate of drug-likeness (QED) is 0.717. The minimum absolute atomic E-state index is 0. The molecular formula is C18H26FNO2. The Morgan fingerprint density at radius 1 is 1.36 bits per heavy atom. The van der Waals surface area contributed by atoms with Crippen molar-refractivity contribution in [1.29, 1.82) is 5.26 Å². The van der Waals surface area contributed by atoms with Crippen LogP contribution in [0.3, 0.4) is 0 Å². The van der Waals surface area contributed by atoms with Crippen LogP contribution in [0.1, 0.15) is 69.3 Å². The van der Waals surface area contributed by atoms with Gasteiger partial charge in [-0.3, -0.25) is 4.79 Å². The minimum Gasteiger partial charge on any atom is -0.490 e. The topological polar surface area (TPSA) is 50.1 Å². The van der Waals surface area contributed by atoms with E-state index in [9.17, 15) is 9.18 Å². The first-order chi connectivity index (χ1) is 10.1. The molecule has 1 saturated carbocycles. The van der Waals surface area contributed by atoms with Gasteiger partial charge in [-0.05, 0) is 50.3 Å². The molecule has 0 bridgehead atoms. The summed E-state index contributed by atoms with van der Waals surface area (Å²) >= 11 is 0. The van der Waals surface area contributed by atoms with Crippen molar-refractivity contribution in [2.24, 2.45) is 0 Å². The van der Waals surface area contributed by atoms with E-state index >= 15 is 0 Å². The van der Waals surface area contributed by atoms with Crippen LogP contribution in [-0.2, 0) is 0 Å². The number of Topliss-reactive ketones (excluding diaryl/α,β-unsaturated/α-hetero) is 1. The second-order valence-electron chi connectivity index (χ2n) is 4.90. The lowest BCUT2D eigenvalue weighted by Crippen LogP contribution is -2.15. The SMILES string of the molecule is C.CC.Cc1cc(F)c(C(=O)CC#N)c(OC2CCCC2)c1. The fraction of sp³-hybridized carbons (Fsp3) is 0.556. The average Bonchev–Trinajstić information content (AvgIpc) is 2.93. The number of ketones is 1. The maximum absolute atomic E-state index is 13.9. The van der Waals surface area contributed by atoms with Crippen molar-refractivity contribution in [2.75, 3.05) is 0 Å². The van der Waals surface area contributed by atoms with Gasteiger partial charge in [0.15, 0.2) is 5.78 Å². The Balaban J connectivity index is 0.00000141.